The van der Waals surface area contributed by atoms with Crippen LogP contribution in [0.1, 0.15) is 33.6 Å². The van der Waals surface area contributed by atoms with Crippen LogP contribution in [0.5, 0.6) is 0 Å². The summed E-state index contributed by atoms with van der Waals surface area (Å²) in [7, 11) is 0. The highest BCUT2D eigenvalue weighted by Crippen LogP contribution is 2.29. The average Bonchev–Trinajstić information content (AvgIpc) is 2.84. The third kappa shape index (κ3) is 6.28. The Bertz CT molecular complexity index is 449. The van der Waals surface area contributed by atoms with E-state index in [9.17, 15) is 4.79 Å². The summed E-state index contributed by atoms with van der Waals surface area (Å²) >= 11 is 4.87. The highest BCUT2D eigenvalue weighted by Gasteiger charge is 2.16. The van der Waals surface area contributed by atoms with E-state index in [1.54, 1.807) is 41.8 Å². The van der Waals surface area contributed by atoms with E-state index in [1.807, 2.05) is 0 Å². The Hall–Kier alpha value is -0.530. The molecule has 0 amide bonds. The van der Waals surface area contributed by atoms with Crippen LogP contribution in [-0.2, 0) is 9.53 Å². The zero-order valence-corrected chi connectivity index (χ0v) is 14.5. The molecule has 0 saturated heterocycles. The van der Waals surface area contributed by atoms with Gasteiger partial charge in [-0.1, -0.05) is 61.7 Å². The van der Waals surface area contributed by atoms with Crippen LogP contribution in [0.2, 0.25) is 0 Å². The van der Waals surface area contributed by atoms with Gasteiger partial charge in [0.25, 0.3) is 0 Å². The van der Waals surface area contributed by atoms with Crippen LogP contribution in [0.4, 0.5) is 0 Å². The van der Waals surface area contributed by atoms with Crippen LogP contribution in [0.15, 0.2) is 20.8 Å². The standard InChI is InChI=1S/C13H20N2O2S3/c1-5-7-10(17-11(16)9(3)4)8-19-13-15-14-12(20-13)18-6-2/h10H,3,5-8H2,1-2,4H3. The Labute approximate surface area is 132 Å². The van der Waals surface area contributed by atoms with Gasteiger partial charge >= 0.3 is 5.97 Å². The van der Waals surface area contributed by atoms with Crippen molar-refractivity contribution in [3.05, 3.63) is 12.2 Å². The highest BCUT2D eigenvalue weighted by molar-refractivity contribution is 8.03. The number of esters is 1. The zero-order valence-electron chi connectivity index (χ0n) is 12.0. The first-order valence-corrected chi connectivity index (χ1v) is 9.31. The molecule has 1 unspecified atom stereocenters. The van der Waals surface area contributed by atoms with Gasteiger partial charge < -0.3 is 4.74 Å². The van der Waals surface area contributed by atoms with E-state index in [2.05, 4.69) is 30.6 Å². The molecule has 0 N–H and O–H groups in total. The Morgan fingerprint density at radius 1 is 1.35 bits per heavy atom. The zero-order chi connectivity index (χ0) is 15.0. The molecule has 0 radical (unpaired) electrons. The van der Waals surface area contributed by atoms with Crippen molar-refractivity contribution in [3.63, 3.8) is 0 Å². The molecule has 4 nitrogen and oxygen atoms in total. The van der Waals surface area contributed by atoms with Gasteiger partial charge in [-0.25, -0.2) is 4.79 Å². The second kappa shape index (κ2) is 9.41. The van der Waals surface area contributed by atoms with Gasteiger partial charge in [-0.15, -0.1) is 10.2 Å². The van der Waals surface area contributed by atoms with Gasteiger partial charge in [0.15, 0.2) is 8.68 Å². The van der Waals surface area contributed by atoms with E-state index in [0.29, 0.717) is 11.3 Å². The van der Waals surface area contributed by atoms with Crippen molar-refractivity contribution in [1.82, 2.24) is 10.2 Å². The molecule has 1 rings (SSSR count). The van der Waals surface area contributed by atoms with E-state index in [1.165, 1.54) is 0 Å². The summed E-state index contributed by atoms with van der Waals surface area (Å²) in [5.41, 5.74) is 0.439. The smallest absolute Gasteiger partial charge is 0.333 e. The van der Waals surface area contributed by atoms with Crippen LogP contribution in [0, 0.1) is 0 Å². The van der Waals surface area contributed by atoms with Crippen molar-refractivity contribution in [2.45, 2.75) is 48.4 Å². The van der Waals surface area contributed by atoms with Crippen LogP contribution in [0.3, 0.4) is 0 Å². The normalized spacial score (nSPS) is 12.2. The van der Waals surface area contributed by atoms with E-state index >= 15 is 0 Å². The highest BCUT2D eigenvalue weighted by atomic mass is 32.2. The molecule has 1 atom stereocenters. The monoisotopic (exact) mass is 332 g/mol. The van der Waals surface area contributed by atoms with Gasteiger partial charge in [0.1, 0.15) is 6.10 Å². The maximum Gasteiger partial charge on any atom is 0.333 e. The van der Waals surface area contributed by atoms with Gasteiger partial charge in [-0.3, -0.25) is 0 Å². The summed E-state index contributed by atoms with van der Waals surface area (Å²) in [5, 5.41) is 8.24. The predicted octanol–water partition coefficient (Wildman–Crippen LogP) is 4.03. The van der Waals surface area contributed by atoms with Crippen LogP contribution < -0.4 is 0 Å². The van der Waals surface area contributed by atoms with Crippen molar-refractivity contribution in [1.29, 1.82) is 0 Å². The topological polar surface area (TPSA) is 52.1 Å². The number of hydrogen-bond donors (Lipinski definition) is 0. The maximum atomic E-state index is 11.6. The van der Waals surface area contributed by atoms with Gasteiger partial charge in [0.05, 0.1) is 0 Å². The molecule has 20 heavy (non-hydrogen) atoms. The molecule has 0 spiro atoms. The quantitative estimate of drug-likeness (QED) is 0.386. The van der Waals surface area contributed by atoms with Crippen molar-refractivity contribution >= 4 is 40.8 Å². The van der Waals surface area contributed by atoms with E-state index in [4.69, 9.17) is 4.74 Å². The molecule has 0 fully saturated rings. The molecule has 0 aromatic carbocycles. The maximum absolute atomic E-state index is 11.6. The molecule has 112 valence electrons. The van der Waals surface area contributed by atoms with Gasteiger partial charge in [-0.05, 0) is 19.1 Å². The first kappa shape index (κ1) is 17.5. The Morgan fingerprint density at radius 2 is 2.00 bits per heavy atom. The summed E-state index contributed by atoms with van der Waals surface area (Å²) in [6.07, 6.45) is 1.73. The summed E-state index contributed by atoms with van der Waals surface area (Å²) in [6.45, 7) is 9.44. The second-order valence-corrected chi connectivity index (χ2v) is 7.93. The molecule has 0 aliphatic carbocycles. The number of rotatable bonds is 9. The molecule has 0 aliphatic rings. The SMILES string of the molecule is C=C(C)C(=O)OC(CCC)CSc1nnc(SCC)s1. The van der Waals surface area contributed by atoms with Crippen LogP contribution in [-0.4, -0.2) is 33.8 Å². The molecule has 1 aromatic heterocycles. The third-order valence-electron chi connectivity index (χ3n) is 2.28. The Kier molecular flexibility index (Phi) is 8.25. The van der Waals surface area contributed by atoms with Gasteiger partial charge in [-0.2, -0.15) is 0 Å². The number of hydrogen-bond acceptors (Lipinski definition) is 7. The molecule has 0 saturated carbocycles. The summed E-state index contributed by atoms with van der Waals surface area (Å²) in [4.78, 5) is 11.6. The molecule has 1 heterocycles. The van der Waals surface area contributed by atoms with Gasteiger partial charge in [0.2, 0.25) is 0 Å². The molecular weight excluding hydrogens is 312 g/mol. The number of carbonyl (C=O) groups excluding carboxylic acids is 1. The fraction of sp³-hybridized carbons (Fsp3) is 0.615. The van der Waals surface area contributed by atoms with Gasteiger partial charge in [0, 0.05) is 11.3 Å². The van der Waals surface area contributed by atoms with Crippen molar-refractivity contribution in [3.8, 4) is 0 Å². The first-order valence-electron chi connectivity index (χ1n) is 6.52. The summed E-state index contributed by atoms with van der Waals surface area (Å²) in [6, 6.07) is 0. The minimum Gasteiger partial charge on any atom is -0.458 e. The lowest BCUT2D eigenvalue weighted by Gasteiger charge is -2.16. The van der Waals surface area contributed by atoms with Crippen molar-refractivity contribution < 1.29 is 9.53 Å². The lowest BCUT2D eigenvalue weighted by atomic mass is 10.2. The summed E-state index contributed by atoms with van der Waals surface area (Å²) < 4.78 is 7.33. The van der Waals surface area contributed by atoms with E-state index in [-0.39, 0.29) is 12.1 Å². The summed E-state index contributed by atoms with van der Waals surface area (Å²) in [5.74, 6) is 1.38. The fourth-order valence-corrected chi connectivity index (χ4v) is 4.33. The Balaban J connectivity index is 2.48. The lowest BCUT2D eigenvalue weighted by Crippen LogP contribution is -2.20. The largest absolute Gasteiger partial charge is 0.458 e. The lowest BCUT2D eigenvalue weighted by molar-refractivity contribution is -0.143. The van der Waals surface area contributed by atoms with Crippen molar-refractivity contribution in [2.24, 2.45) is 0 Å². The number of aromatic nitrogens is 2. The first-order chi connectivity index (χ1) is 9.56. The number of nitrogens with zero attached hydrogens (tertiary/aromatic N) is 2. The van der Waals surface area contributed by atoms with E-state index in [0.717, 1.165) is 27.3 Å². The molecule has 0 aliphatic heterocycles. The molecule has 1 aromatic rings. The van der Waals surface area contributed by atoms with Crippen molar-refractivity contribution in [2.75, 3.05) is 11.5 Å². The Morgan fingerprint density at radius 3 is 2.55 bits per heavy atom. The molecule has 0 bridgehead atoms. The molecule has 7 heteroatoms. The van der Waals surface area contributed by atoms with Crippen LogP contribution >= 0.6 is 34.9 Å². The predicted molar refractivity (Wildman–Crippen MR) is 86.6 cm³/mol. The number of thioether (sulfide) groups is 2. The van der Waals surface area contributed by atoms with E-state index < -0.39 is 0 Å². The average molecular weight is 333 g/mol. The fourth-order valence-electron chi connectivity index (χ4n) is 1.35. The number of ether oxygens (including phenoxy) is 1. The minimum atomic E-state index is -0.316. The second-order valence-electron chi connectivity index (χ2n) is 4.17. The van der Waals surface area contributed by atoms with Crippen LogP contribution in [0.25, 0.3) is 0 Å². The molecular formula is C13H20N2O2S3. The number of carbonyl (C=O) groups is 1. The minimum absolute atomic E-state index is 0.0969. The third-order valence-corrected chi connectivity index (χ3v) is 5.49.